The van der Waals surface area contributed by atoms with E-state index in [1.165, 1.54) is 0 Å². The summed E-state index contributed by atoms with van der Waals surface area (Å²) in [7, 11) is 3.38. The Kier molecular flexibility index (Phi) is 7.50. The largest absolute Gasteiger partial charge is 0.496 e. The lowest BCUT2D eigenvalue weighted by atomic mass is 10.0. The lowest BCUT2D eigenvalue weighted by Crippen LogP contribution is -2.32. The van der Waals surface area contributed by atoms with Crippen LogP contribution in [-0.4, -0.2) is 36.8 Å². The van der Waals surface area contributed by atoms with Gasteiger partial charge in [0.05, 0.1) is 7.11 Å². The van der Waals surface area contributed by atoms with E-state index in [1.807, 2.05) is 24.3 Å². The third kappa shape index (κ3) is 4.94. The molecular formula is C15H21ClN4O3. The monoisotopic (exact) mass is 340 g/mol. The van der Waals surface area contributed by atoms with Crippen LogP contribution in [0.5, 0.6) is 5.75 Å². The third-order valence-corrected chi connectivity index (χ3v) is 3.16. The first-order chi connectivity index (χ1) is 10.7. The number of ether oxygens (including phenoxy) is 1. The van der Waals surface area contributed by atoms with Crippen LogP contribution in [0, 0.1) is 6.92 Å². The standard InChI is InChI=1S/C15H20N4O3.ClH/c1-10-17-15(19-22-10)14(18-13(20)8-9-16-2)11-6-4-5-7-12(11)21-3;/h4-7,14,16H,8-9H2,1-3H3,(H,18,20);1H. The molecule has 23 heavy (non-hydrogen) atoms. The number of carbonyl (C=O) groups is 1. The van der Waals surface area contributed by atoms with Gasteiger partial charge >= 0.3 is 0 Å². The molecule has 7 nitrogen and oxygen atoms in total. The zero-order valence-corrected chi connectivity index (χ0v) is 14.1. The highest BCUT2D eigenvalue weighted by Gasteiger charge is 2.24. The fraction of sp³-hybridized carbons (Fsp3) is 0.400. The summed E-state index contributed by atoms with van der Waals surface area (Å²) in [4.78, 5) is 16.3. The molecule has 1 aromatic heterocycles. The van der Waals surface area contributed by atoms with Gasteiger partial charge in [-0.3, -0.25) is 4.79 Å². The van der Waals surface area contributed by atoms with Crippen molar-refractivity contribution >= 4 is 18.3 Å². The Morgan fingerprint density at radius 3 is 2.74 bits per heavy atom. The number of para-hydroxylation sites is 1. The van der Waals surface area contributed by atoms with Crippen molar-refractivity contribution < 1.29 is 14.1 Å². The number of halogens is 1. The van der Waals surface area contributed by atoms with Gasteiger partial charge in [0.15, 0.2) is 5.82 Å². The predicted molar refractivity (Wildman–Crippen MR) is 87.8 cm³/mol. The van der Waals surface area contributed by atoms with Crippen LogP contribution in [0.15, 0.2) is 28.8 Å². The molecule has 0 aliphatic carbocycles. The van der Waals surface area contributed by atoms with Crippen LogP contribution in [0.2, 0.25) is 0 Å². The molecule has 2 N–H and O–H groups in total. The van der Waals surface area contributed by atoms with E-state index in [2.05, 4.69) is 20.8 Å². The second-order valence-electron chi connectivity index (χ2n) is 4.77. The molecular weight excluding hydrogens is 320 g/mol. The first kappa shape index (κ1) is 18.9. The molecule has 1 heterocycles. The number of carbonyl (C=O) groups excluding carboxylic acids is 1. The van der Waals surface area contributed by atoms with Crippen molar-refractivity contribution in [3.63, 3.8) is 0 Å². The second kappa shape index (κ2) is 9.12. The van der Waals surface area contributed by atoms with Crippen molar-refractivity contribution in [2.45, 2.75) is 19.4 Å². The van der Waals surface area contributed by atoms with E-state index in [0.29, 0.717) is 30.4 Å². The van der Waals surface area contributed by atoms with Crippen LogP contribution in [-0.2, 0) is 4.79 Å². The van der Waals surface area contributed by atoms with Gasteiger partial charge in [-0.05, 0) is 13.1 Å². The molecule has 0 aliphatic heterocycles. The molecule has 1 unspecified atom stereocenters. The number of hydrogen-bond acceptors (Lipinski definition) is 6. The smallest absolute Gasteiger partial charge is 0.223 e. The molecule has 0 saturated heterocycles. The van der Waals surface area contributed by atoms with Crippen LogP contribution in [0.1, 0.15) is 29.7 Å². The molecule has 0 fully saturated rings. The van der Waals surface area contributed by atoms with Gasteiger partial charge in [-0.2, -0.15) is 4.98 Å². The highest BCUT2D eigenvalue weighted by atomic mass is 35.5. The minimum absolute atomic E-state index is 0. The van der Waals surface area contributed by atoms with Gasteiger partial charge in [-0.25, -0.2) is 0 Å². The lowest BCUT2D eigenvalue weighted by Gasteiger charge is -2.18. The van der Waals surface area contributed by atoms with Gasteiger partial charge in [0.1, 0.15) is 11.8 Å². The molecule has 8 heteroatoms. The highest BCUT2D eigenvalue weighted by molar-refractivity contribution is 5.85. The minimum atomic E-state index is -0.516. The van der Waals surface area contributed by atoms with Gasteiger partial charge < -0.3 is 19.9 Å². The molecule has 0 spiro atoms. The SMILES string of the molecule is CNCCC(=O)NC(c1noc(C)n1)c1ccccc1OC.Cl. The minimum Gasteiger partial charge on any atom is -0.496 e. The molecule has 0 bridgehead atoms. The average molecular weight is 341 g/mol. The van der Waals surface area contributed by atoms with Gasteiger partial charge in [0.2, 0.25) is 11.8 Å². The number of methoxy groups -OCH3 is 1. The maximum absolute atomic E-state index is 12.1. The fourth-order valence-corrected chi connectivity index (χ4v) is 2.09. The van der Waals surface area contributed by atoms with E-state index >= 15 is 0 Å². The highest BCUT2D eigenvalue weighted by Crippen LogP contribution is 2.28. The van der Waals surface area contributed by atoms with Crippen molar-refractivity contribution in [1.29, 1.82) is 0 Å². The van der Waals surface area contributed by atoms with Crippen LogP contribution >= 0.6 is 12.4 Å². The van der Waals surface area contributed by atoms with Crippen molar-refractivity contribution in [3.05, 3.63) is 41.5 Å². The van der Waals surface area contributed by atoms with Gasteiger partial charge in [0.25, 0.3) is 0 Å². The number of amides is 1. The zero-order valence-electron chi connectivity index (χ0n) is 13.3. The molecule has 1 aromatic carbocycles. The van der Waals surface area contributed by atoms with Crippen molar-refractivity contribution in [3.8, 4) is 5.75 Å². The van der Waals surface area contributed by atoms with E-state index < -0.39 is 6.04 Å². The number of aryl methyl sites for hydroxylation is 1. The first-order valence-electron chi connectivity index (χ1n) is 7.02. The van der Waals surface area contributed by atoms with E-state index in [-0.39, 0.29) is 18.3 Å². The number of nitrogens with one attached hydrogen (secondary N) is 2. The summed E-state index contributed by atoms with van der Waals surface area (Å²) in [6.45, 7) is 2.30. The summed E-state index contributed by atoms with van der Waals surface area (Å²) in [5.41, 5.74) is 0.781. The Bertz CT molecular complexity index is 633. The summed E-state index contributed by atoms with van der Waals surface area (Å²) in [6, 6.07) is 6.92. The van der Waals surface area contributed by atoms with Gasteiger partial charge in [-0.15, -0.1) is 12.4 Å². The second-order valence-corrected chi connectivity index (χ2v) is 4.77. The van der Waals surface area contributed by atoms with E-state index in [0.717, 1.165) is 5.56 Å². The number of rotatable bonds is 7. The third-order valence-electron chi connectivity index (χ3n) is 3.16. The van der Waals surface area contributed by atoms with Crippen molar-refractivity contribution in [1.82, 2.24) is 20.8 Å². The summed E-state index contributed by atoms with van der Waals surface area (Å²) < 4.78 is 10.4. The number of nitrogens with zero attached hydrogens (tertiary/aromatic N) is 2. The topological polar surface area (TPSA) is 89.3 Å². The van der Waals surface area contributed by atoms with Crippen molar-refractivity contribution in [2.75, 3.05) is 20.7 Å². The lowest BCUT2D eigenvalue weighted by molar-refractivity contribution is -0.121. The Morgan fingerprint density at radius 2 is 2.13 bits per heavy atom. The van der Waals surface area contributed by atoms with Crippen LogP contribution in [0.4, 0.5) is 0 Å². The molecule has 126 valence electrons. The summed E-state index contributed by atoms with van der Waals surface area (Å²) in [5, 5.41) is 9.80. The Labute approximate surface area is 141 Å². The van der Waals surface area contributed by atoms with Gasteiger partial charge in [-0.1, -0.05) is 23.4 Å². The van der Waals surface area contributed by atoms with Gasteiger partial charge in [0, 0.05) is 25.5 Å². The molecule has 0 radical (unpaired) electrons. The van der Waals surface area contributed by atoms with Crippen LogP contribution < -0.4 is 15.4 Å². The molecule has 2 aromatic rings. The first-order valence-corrected chi connectivity index (χ1v) is 7.02. The maximum Gasteiger partial charge on any atom is 0.223 e. The Hall–Kier alpha value is -2.12. The summed E-state index contributed by atoms with van der Waals surface area (Å²) in [5.74, 6) is 1.40. The average Bonchev–Trinajstić information content (AvgIpc) is 2.96. The van der Waals surface area contributed by atoms with E-state index in [9.17, 15) is 4.79 Å². The number of benzene rings is 1. The van der Waals surface area contributed by atoms with E-state index in [4.69, 9.17) is 9.26 Å². The Morgan fingerprint density at radius 1 is 1.39 bits per heavy atom. The zero-order chi connectivity index (χ0) is 15.9. The summed E-state index contributed by atoms with van der Waals surface area (Å²) in [6.07, 6.45) is 0.360. The maximum atomic E-state index is 12.1. The normalized spacial score (nSPS) is 11.4. The molecule has 2 rings (SSSR count). The summed E-state index contributed by atoms with van der Waals surface area (Å²) >= 11 is 0. The van der Waals surface area contributed by atoms with Crippen LogP contribution in [0.25, 0.3) is 0 Å². The number of hydrogen-bond donors (Lipinski definition) is 2. The molecule has 1 amide bonds. The van der Waals surface area contributed by atoms with Crippen molar-refractivity contribution in [2.24, 2.45) is 0 Å². The van der Waals surface area contributed by atoms with E-state index in [1.54, 1.807) is 21.1 Å². The fourth-order valence-electron chi connectivity index (χ4n) is 2.09. The quantitative estimate of drug-likeness (QED) is 0.796. The predicted octanol–water partition coefficient (Wildman–Crippen LogP) is 1.62. The van der Waals surface area contributed by atoms with Crippen LogP contribution in [0.3, 0.4) is 0 Å². The Balaban J connectivity index is 0.00000264. The molecule has 1 atom stereocenters. The molecule has 0 aliphatic rings. The number of aromatic nitrogens is 2. The molecule has 0 saturated carbocycles.